The van der Waals surface area contributed by atoms with Crippen molar-refractivity contribution in [3.63, 3.8) is 0 Å². The van der Waals surface area contributed by atoms with Crippen molar-refractivity contribution in [3.05, 3.63) is 48.2 Å². The van der Waals surface area contributed by atoms with Gasteiger partial charge in [0.2, 0.25) is 5.91 Å². The van der Waals surface area contributed by atoms with Gasteiger partial charge in [0, 0.05) is 37.9 Å². The lowest BCUT2D eigenvalue weighted by atomic mass is 9.68. The minimum Gasteiger partial charge on any atom is -0.317 e. The topological polar surface area (TPSA) is 73.7 Å². The van der Waals surface area contributed by atoms with Crippen LogP contribution in [0.3, 0.4) is 0 Å². The van der Waals surface area contributed by atoms with Crippen molar-refractivity contribution in [2.24, 2.45) is 13.0 Å². The quantitative estimate of drug-likeness (QED) is 0.659. The molecule has 1 aromatic heterocycles. The van der Waals surface area contributed by atoms with E-state index in [4.69, 9.17) is 0 Å². The van der Waals surface area contributed by atoms with E-state index >= 15 is 0 Å². The standard InChI is InChI=1S/C27H38N6O2/c1-30(2)27(22-10-5-4-6-11-22)15-13-26(14-16-27)20-32(25(35)33(26)18-21-8-7-9-21)19-24(34)28-23-12-17-31(3)29-23/h4-6,10-12,17,21H,7-9,13-16,18-20H2,1-3H3,(H,28,29,34)/t26-,27-. The van der Waals surface area contributed by atoms with Crippen LogP contribution in [0.1, 0.15) is 50.5 Å². The first-order valence-electron chi connectivity index (χ1n) is 12.9. The summed E-state index contributed by atoms with van der Waals surface area (Å²) in [7, 11) is 6.16. The summed E-state index contributed by atoms with van der Waals surface area (Å²) >= 11 is 0. The van der Waals surface area contributed by atoms with Crippen LogP contribution in [0.25, 0.3) is 0 Å². The molecule has 0 unspecified atom stereocenters. The maximum atomic E-state index is 13.7. The molecule has 1 spiro atoms. The van der Waals surface area contributed by atoms with E-state index in [0.717, 1.165) is 32.2 Å². The van der Waals surface area contributed by atoms with Crippen molar-refractivity contribution in [1.29, 1.82) is 0 Å². The Morgan fingerprint density at radius 3 is 2.40 bits per heavy atom. The van der Waals surface area contributed by atoms with Crippen LogP contribution in [0.2, 0.25) is 0 Å². The molecule has 1 N–H and O–H groups in total. The average molecular weight is 479 g/mol. The summed E-state index contributed by atoms with van der Waals surface area (Å²) in [5, 5.41) is 7.07. The highest BCUT2D eigenvalue weighted by atomic mass is 16.2. The van der Waals surface area contributed by atoms with Gasteiger partial charge in [-0.2, -0.15) is 5.10 Å². The van der Waals surface area contributed by atoms with Crippen molar-refractivity contribution < 1.29 is 9.59 Å². The number of hydrogen-bond donors (Lipinski definition) is 1. The monoisotopic (exact) mass is 478 g/mol. The maximum absolute atomic E-state index is 13.7. The predicted octanol–water partition coefficient (Wildman–Crippen LogP) is 3.67. The molecule has 188 valence electrons. The van der Waals surface area contributed by atoms with E-state index in [9.17, 15) is 9.59 Å². The molecular weight excluding hydrogens is 440 g/mol. The summed E-state index contributed by atoms with van der Waals surface area (Å²) in [5.74, 6) is 0.912. The number of nitrogens with zero attached hydrogens (tertiary/aromatic N) is 5. The summed E-state index contributed by atoms with van der Waals surface area (Å²) in [5.41, 5.74) is 1.12. The normalized spacial score (nSPS) is 27.0. The predicted molar refractivity (Wildman–Crippen MR) is 136 cm³/mol. The van der Waals surface area contributed by atoms with Crippen LogP contribution in [0.5, 0.6) is 0 Å². The third-order valence-electron chi connectivity index (χ3n) is 8.72. The highest BCUT2D eigenvalue weighted by Crippen LogP contribution is 2.49. The Balaban J connectivity index is 1.34. The Hall–Kier alpha value is -2.87. The lowest BCUT2D eigenvalue weighted by Crippen LogP contribution is -2.56. The number of hydrogen-bond acceptors (Lipinski definition) is 4. The van der Waals surface area contributed by atoms with E-state index in [2.05, 4.69) is 64.6 Å². The second-order valence-corrected chi connectivity index (χ2v) is 11.0. The second-order valence-electron chi connectivity index (χ2n) is 11.0. The van der Waals surface area contributed by atoms with E-state index < -0.39 is 0 Å². The van der Waals surface area contributed by atoms with Gasteiger partial charge in [0.1, 0.15) is 6.54 Å². The van der Waals surface area contributed by atoms with Gasteiger partial charge in [-0.25, -0.2) is 4.79 Å². The molecule has 3 amide bonds. The third-order valence-corrected chi connectivity index (χ3v) is 8.72. The zero-order chi connectivity index (χ0) is 24.6. The first kappa shape index (κ1) is 23.9. The molecule has 0 bridgehead atoms. The summed E-state index contributed by atoms with van der Waals surface area (Å²) < 4.78 is 1.65. The molecule has 0 atom stereocenters. The number of nitrogens with one attached hydrogen (secondary N) is 1. The number of benzene rings is 1. The molecule has 1 saturated heterocycles. The lowest BCUT2D eigenvalue weighted by Gasteiger charge is -2.51. The molecule has 5 rings (SSSR count). The summed E-state index contributed by atoms with van der Waals surface area (Å²) in [6.45, 7) is 1.50. The Morgan fingerprint density at radius 1 is 1.11 bits per heavy atom. The molecule has 35 heavy (non-hydrogen) atoms. The summed E-state index contributed by atoms with van der Waals surface area (Å²) in [4.78, 5) is 32.7. The van der Waals surface area contributed by atoms with E-state index in [1.165, 1.54) is 24.8 Å². The Morgan fingerprint density at radius 2 is 1.83 bits per heavy atom. The molecule has 8 heteroatoms. The highest BCUT2D eigenvalue weighted by Gasteiger charge is 2.55. The largest absolute Gasteiger partial charge is 0.321 e. The Bertz CT molecular complexity index is 1050. The van der Waals surface area contributed by atoms with E-state index in [1.807, 2.05) is 7.05 Å². The number of urea groups is 1. The van der Waals surface area contributed by atoms with Crippen LogP contribution < -0.4 is 5.32 Å². The molecule has 8 nitrogen and oxygen atoms in total. The SMILES string of the molecule is Cn1ccc(NC(=O)CN2C[C@]3(CC[C@@](c4ccccc4)(N(C)C)CC3)N(CC3CCC3)C2=O)n1. The van der Waals surface area contributed by atoms with Gasteiger partial charge >= 0.3 is 6.03 Å². The lowest BCUT2D eigenvalue weighted by molar-refractivity contribution is -0.116. The van der Waals surface area contributed by atoms with Gasteiger partial charge in [-0.3, -0.25) is 14.4 Å². The zero-order valence-corrected chi connectivity index (χ0v) is 21.2. The molecule has 1 aliphatic heterocycles. The van der Waals surface area contributed by atoms with Crippen molar-refractivity contribution in [2.45, 2.75) is 56.0 Å². The van der Waals surface area contributed by atoms with Crippen LogP contribution in [0, 0.1) is 5.92 Å². The van der Waals surface area contributed by atoms with E-state index in [1.54, 1.807) is 21.8 Å². The number of anilines is 1. The van der Waals surface area contributed by atoms with Crippen molar-refractivity contribution >= 4 is 17.8 Å². The first-order valence-corrected chi connectivity index (χ1v) is 12.9. The molecule has 3 fully saturated rings. The minimum atomic E-state index is -0.202. The number of carbonyl (C=O) groups excluding carboxylic acids is 2. The molecule has 2 saturated carbocycles. The molecule has 2 heterocycles. The van der Waals surface area contributed by atoms with Crippen molar-refractivity contribution in [3.8, 4) is 0 Å². The number of amides is 3. The van der Waals surface area contributed by atoms with Gasteiger partial charge in [0.25, 0.3) is 0 Å². The number of rotatable bonds is 7. The first-order chi connectivity index (χ1) is 16.8. The van der Waals surface area contributed by atoms with Crippen molar-refractivity contribution in [2.75, 3.05) is 39.0 Å². The van der Waals surface area contributed by atoms with Crippen molar-refractivity contribution in [1.82, 2.24) is 24.5 Å². The zero-order valence-electron chi connectivity index (χ0n) is 21.2. The fourth-order valence-corrected chi connectivity index (χ4v) is 6.35. The van der Waals surface area contributed by atoms with E-state index in [-0.39, 0.29) is 29.6 Å². The smallest absolute Gasteiger partial charge is 0.317 e. The molecular formula is C27H38N6O2. The minimum absolute atomic E-state index is 0.0186. The Kier molecular flexibility index (Phi) is 6.34. The molecule has 2 aliphatic carbocycles. The summed E-state index contributed by atoms with van der Waals surface area (Å²) in [6, 6.07) is 12.6. The van der Waals surface area contributed by atoms with Crippen LogP contribution in [-0.2, 0) is 17.4 Å². The van der Waals surface area contributed by atoms with E-state index in [0.29, 0.717) is 18.3 Å². The molecule has 2 aromatic rings. The third kappa shape index (κ3) is 4.44. The van der Waals surface area contributed by atoms with Gasteiger partial charge in [-0.15, -0.1) is 0 Å². The van der Waals surface area contributed by atoms with Gasteiger partial charge in [0.05, 0.1) is 5.54 Å². The number of carbonyl (C=O) groups is 2. The second kappa shape index (κ2) is 9.30. The molecule has 1 aromatic carbocycles. The summed E-state index contributed by atoms with van der Waals surface area (Å²) in [6.07, 6.45) is 9.31. The van der Waals surface area contributed by atoms with Crippen LogP contribution >= 0.6 is 0 Å². The molecule has 0 radical (unpaired) electrons. The van der Waals surface area contributed by atoms with Crippen LogP contribution in [-0.4, -0.2) is 75.7 Å². The molecule has 3 aliphatic rings. The Labute approximate surface area is 208 Å². The number of aromatic nitrogens is 2. The number of aryl methyl sites for hydroxylation is 1. The fourth-order valence-electron chi connectivity index (χ4n) is 6.35. The van der Waals surface area contributed by atoms with Gasteiger partial charge < -0.3 is 15.1 Å². The van der Waals surface area contributed by atoms with Crippen LogP contribution in [0.4, 0.5) is 10.6 Å². The fraction of sp³-hybridized carbons (Fsp3) is 0.593. The highest BCUT2D eigenvalue weighted by molar-refractivity contribution is 5.94. The van der Waals surface area contributed by atoms with Gasteiger partial charge in [-0.05, 0) is 64.1 Å². The van der Waals surface area contributed by atoms with Gasteiger partial charge in [0.15, 0.2) is 5.82 Å². The van der Waals surface area contributed by atoms with Crippen LogP contribution in [0.15, 0.2) is 42.6 Å². The maximum Gasteiger partial charge on any atom is 0.321 e. The average Bonchev–Trinajstić information content (AvgIpc) is 3.32. The van der Waals surface area contributed by atoms with Gasteiger partial charge in [-0.1, -0.05) is 36.8 Å².